The van der Waals surface area contributed by atoms with Crippen molar-refractivity contribution < 1.29 is 14.0 Å². The number of piperidine rings is 1. The van der Waals surface area contributed by atoms with Crippen LogP contribution in [0.15, 0.2) is 87.5 Å². The molecule has 0 radical (unpaired) electrons. The summed E-state index contributed by atoms with van der Waals surface area (Å²) in [5.41, 5.74) is 3.57. The molecule has 0 bridgehead atoms. The first-order valence-corrected chi connectivity index (χ1v) is 13.2. The summed E-state index contributed by atoms with van der Waals surface area (Å²) in [4.78, 5) is 35.4. The van der Waals surface area contributed by atoms with Crippen LogP contribution in [0.1, 0.15) is 23.8 Å². The molecule has 36 heavy (non-hydrogen) atoms. The van der Waals surface area contributed by atoms with Crippen LogP contribution in [-0.4, -0.2) is 39.8 Å². The van der Waals surface area contributed by atoms with Gasteiger partial charge in [-0.15, -0.1) is 11.3 Å². The number of amides is 2. The van der Waals surface area contributed by atoms with Gasteiger partial charge in [-0.25, -0.2) is 9.97 Å². The fraction of sp³-hybridized carbons (Fsp3) is 0.185. The van der Waals surface area contributed by atoms with Crippen LogP contribution in [0.4, 0.5) is 5.69 Å². The number of oxazole rings is 1. The monoisotopic (exact) mass is 562 g/mol. The van der Waals surface area contributed by atoms with Gasteiger partial charge in [-0.1, -0.05) is 28.1 Å². The smallest absolute Gasteiger partial charge is 0.248 e. The summed E-state index contributed by atoms with van der Waals surface area (Å²) >= 11 is 5.19. The minimum Gasteiger partial charge on any atom is -0.444 e. The topological polar surface area (TPSA) is 88.3 Å². The molecule has 2 aromatic heterocycles. The summed E-state index contributed by atoms with van der Waals surface area (Å²) in [6.45, 7) is 1.29. The third-order valence-electron chi connectivity index (χ3n) is 6.04. The van der Waals surface area contributed by atoms with E-state index in [-0.39, 0.29) is 11.8 Å². The van der Waals surface area contributed by atoms with Crippen LogP contribution in [0, 0.1) is 0 Å². The zero-order chi connectivity index (χ0) is 24.9. The maximum absolute atomic E-state index is 12.6. The first kappa shape index (κ1) is 24.1. The second kappa shape index (κ2) is 11.0. The average molecular weight is 563 g/mol. The van der Waals surface area contributed by atoms with Gasteiger partial charge in [0, 0.05) is 57.8 Å². The fourth-order valence-electron chi connectivity index (χ4n) is 4.11. The molecule has 1 fully saturated rings. The van der Waals surface area contributed by atoms with E-state index in [1.54, 1.807) is 34.6 Å². The van der Waals surface area contributed by atoms with E-state index < -0.39 is 0 Å². The molecule has 7 nitrogen and oxygen atoms in total. The Morgan fingerprint density at radius 1 is 1.08 bits per heavy atom. The van der Waals surface area contributed by atoms with Crippen LogP contribution in [0.3, 0.4) is 0 Å². The van der Waals surface area contributed by atoms with Gasteiger partial charge >= 0.3 is 0 Å². The number of carbonyl (C=O) groups excluding carboxylic acids is 2. The minimum atomic E-state index is -0.353. The zero-order valence-corrected chi connectivity index (χ0v) is 21.7. The standard InChI is InChI=1S/C27H23BrN4O3S/c28-21-3-1-2-20(14-21)23-16-36-27(31-23)19-10-12-32(13-11-19)26(34)9-8-25(33)30-22-6-4-18(5-7-22)24-15-29-17-35-24/h1-9,14-17,19H,10-13H2,(H,30,33)/b9-8+. The van der Waals surface area contributed by atoms with E-state index in [1.807, 2.05) is 24.3 Å². The van der Waals surface area contributed by atoms with Crippen molar-refractivity contribution in [2.24, 2.45) is 0 Å². The highest BCUT2D eigenvalue weighted by Crippen LogP contribution is 2.33. The lowest BCUT2D eigenvalue weighted by molar-refractivity contribution is -0.127. The molecular weight excluding hydrogens is 540 g/mol. The Bertz CT molecular complexity index is 1370. The number of halogens is 1. The van der Waals surface area contributed by atoms with Crippen LogP contribution in [0.25, 0.3) is 22.6 Å². The Labute approximate surface area is 221 Å². The predicted molar refractivity (Wildman–Crippen MR) is 144 cm³/mol. The molecule has 3 heterocycles. The van der Waals surface area contributed by atoms with E-state index in [9.17, 15) is 9.59 Å². The Balaban J connectivity index is 1.11. The van der Waals surface area contributed by atoms with Crippen LogP contribution in [0.2, 0.25) is 0 Å². The van der Waals surface area contributed by atoms with Gasteiger partial charge in [0.2, 0.25) is 11.8 Å². The third kappa shape index (κ3) is 5.80. The summed E-state index contributed by atoms with van der Waals surface area (Å²) in [5.74, 6) is 0.487. The molecule has 0 unspecified atom stereocenters. The number of carbonyl (C=O) groups is 2. The van der Waals surface area contributed by atoms with Gasteiger partial charge < -0.3 is 14.6 Å². The fourth-order valence-corrected chi connectivity index (χ4v) is 5.51. The quantitative estimate of drug-likeness (QED) is 0.285. The number of hydrogen-bond donors (Lipinski definition) is 1. The highest BCUT2D eigenvalue weighted by molar-refractivity contribution is 9.10. The van der Waals surface area contributed by atoms with Crippen molar-refractivity contribution in [2.45, 2.75) is 18.8 Å². The zero-order valence-electron chi connectivity index (χ0n) is 19.3. The van der Waals surface area contributed by atoms with Gasteiger partial charge in [0.1, 0.15) is 0 Å². The molecule has 0 aliphatic carbocycles. The van der Waals surface area contributed by atoms with Crippen molar-refractivity contribution in [3.8, 4) is 22.6 Å². The first-order chi connectivity index (χ1) is 17.5. The van der Waals surface area contributed by atoms with E-state index in [2.05, 4.69) is 43.7 Å². The molecular formula is C27H23BrN4O3S. The number of hydrogen-bond acceptors (Lipinski definition) is 6. The second-order valence-electron chi connectivity index (χ2n) is 8.45. The lowest BCUT2D eigenvalue weighted by Crippen LogP contribution is -2.37. The van der Waals surface area contributed by atoms with Crippen molar-refractivity contribution in [1.82, 2.24) is 14.9 Å². The maximum Gasteiger partial charge on any atom is 0.248 e. The van der Waals surface area contributed by atoms with Crippen LogP contribution < -0.4 is 5.32 Å². The van der Waals surface area contributed by atoms with Crippen molar-refractivity contribution >= 4 is 44.8 Å². The average Bonchev–Trinajstić information content (AvgIpc) is 3.61. The number of likely N-dealkylation sites (tertiary alicyclic amines) is 1. The Morgan fingerprint density at radius 2 is 1.89 bits per heavy atom. The molecule has 4 aromatic rings. The Hall–Kier alpha value is -3.56. The SMILES string of the molecule is O=C(/C=C/C(=O)N1CCC(c2nc(-c3cccc(Br)c3)cs2)CC1)Nc1ccc(-c2cnco2)cc1. The van der Waals surface area contributed by atoms with Gasteiger partial charge in [-0.3, -0.25) is 9.59 Å². The lowest BCUT2D eigenvalue weighted by atomic mass is 9.97. The molecule has 5 rings (SSSR count). The molecule has 182 valence electrons. The van der Waals surface area contributed by atoms with E-state index in [4.69, 9.17) is 9.40 Å². The van der Waals surface area contributed by atoms with Crippen molar-refractivity contribution in [3.05, 3.63) is 88.1 Å². The molecule has 2 aromatic carbocycles. The van der Waals surface area contributed by atoms with Gasteiger partial charge in [0.25, 0.3) is 0 Å². The summed E-state index contributed by atoms with van der Waals surface area (Å²) < 4.78 is 6.29. The Kier molecular flexibility index (Phi) is 7.39. The lowest BCUT2D eigenvalue weighted by Gasteiger charge is -2.30. The normalized spacial score (nSPS) is 14.3. The van der Waals surface area contributed by atoms with Gasteiger partial charge in [0.05, 0.1) is 16.9 Å². The van der Waals surface area contributed by atoms with Crippen LogP contribution >= 0.6 is 27.3 Å². The molecule has 0 saturated carbocycles. The molecule has 9 heteroatoms. The number of anilines is 1. The number of rotatable bonds is 6. The highest BCUT2D eigenvalue weighted by Gasteiger charge is 2.25. The van der Waals surface area contributed by atoms with Crippen LogP contribution in [-0.2, 0) is 9.59 Å². The molecule has 0 atom stereocenters. The van der Waals surface area contributed by atoms with Crippen molar-refractivity contribution in [1.29, 1.82) is 0 Å². The summed E-state index contributed by atoms with van der Waals surface area (Å²) in [5, 5.41) is 5.98. The van der Waals surface area contributed by atoms with E-state index >= 15 is 0 Å². The number of nitrogens with one attached hydrogen (secondary N) is 1. The predicted octanol–water partition coefficient (Wildman–Crippen LogP) is 6.13. The number of aromatic nitrogens is 2. The molecule has 2 amide bonds. The molecule has 1 N–H and O–H groups in total. The summed E-state index contributed by atoms with van der Waals surface area (Å²) in [6.07, 6.45) is 7.33. The number of benzene rings is 2. The first-order valence-electron chi connectivity index (χ1n) is 11.5. The highest BCUT2D eigenvalue weighted by atomic mass is 79.9. The third-order valence-corrected chi connectivity index (χ3v) is 7.55. The van der Waals surface area contributed by atoms with Crippen molar-refractivity contribution in [2.75, 3.05) is 18.4 Å². The van der Waals surface area contributed by atoms with Crippen molar-refractivity contribution in [3.63, 3.8) is 0 Å². The summed E-state index contributed by atoms with van der Waals surface area (Å²) in [7, 11) is 0. The van der Waals surface area contributed by atoms with Gasteiger partial charge in [-0.2, -0.15) is 0 Å². The number of thiazole rings is 1. The Morgan fingerprint density at radius 3 is 2.61 bits per heavy atom. The van der Waals surface area contributed by atoms with E-state index in [1.165, 1.54) is 18.5 Å². The maximum atomic E-state index is 12.6. The number of nitrogens with zero attached hydrogens (tertiary/aromatic N) is 3. The largest absolute Gasteiger partial charge is 0.444 e. The van der Waals surface area contributed by atoms with E-state index in [0.717, 1.165) is 39.1 Å². The summed E-state index contributed by atoms with van der Waals surface area (Å²) in [6, 6.07) is 15.3. The van der Waals surface area contributed by atoms with Gasteiger partial charge in [0.15, 0.2) is 12.2 Å². The molecule has 1 aliphatic heterocycles. The van der Waals surface area contributed by atoms with E-state index in [0.29, 0.717) is 30.5 Å². The minimum absolute atomic E-state index is 0.154. The molecule has 1 aliphatic rings. The van der Waals surface area contributed by atoms with Crippen LogP contribution in [0.5, 0.6) is 0 Å². The molecule has 0 spiro atoms. The van der Waals surface area contributed by atoms with Gasteiger partial charge in [-0.05, 0) is 49.2 Å². The second-order valence-corrected chi connectivity index (χ2v) is 10.3. The molecule has 1 saturated heterocycles.